The van der Waals surface area contributed by atoms with Crippen molar-refractivity contribution in [1.82, 2.24) is 0 Å². The fraction of sp³-hybridized carbons (Fsp3) is 0.884. The number of hydrogen-bond acceptors (Lipinski definition) is 12. The lowest BCUT2D eigenvalue weighted by molar-refractivity contribution is -0.870. The Bertz CT molecular complexity index is 1160. The van der Waals surface area contributed by atoms with Gasteiger partial charge in [0.15, 0.2) is 6.10 Å². The molecule has 1 aliphatic carbocycles. The van der Waals surface area contributed by atoms with Crippen molar-refractivity contribution in [1.29, 1.82) is 0 Å². The number of esters is 2. The normalized spacial score (nSPS) is 20.7. The summed E-state index contributed by atoms with van der Waals surface area (Å²) in [5.41, 5.74) is 0. The van der Waals surface area contributed by atoms with E-state index in [1.54, 1.807) is 12.2 Å². The topological polar surface area (TPSA) is 189 Å². The number of carbonyl (C=O) groups is 3. The largest absolute Gasteiger partial charge is 0.756 e. The SMILES string of the molecule is CCCCCCCCCCCCCCC(=O)O[C@H](COC(=O)CCCCC(=O)C[C@@H]1[C@@H](/C=C/[C@@H](O)CCCCC)[C@H](O)C[C@@H]1O)COP(=O)([O-])OCC[N+](C)(C)C. The van der Waals surface area contributed by atoms with Gasteiger partial charge in [-0.1, -0.05) is 116 Å². The highest BCUT2D eigenvalue weighted by Gasteiger charge is 2.41. The van der Waals surface area contributed by atoms with E-state index >= 15 is 0 Å². The van der Waals surface area contributed by atoms with E-state index in [9.17, 15) is 39.2 Å². The molecule has 57 heavy (non-hydrogen) atoms. The maximum atomic E-state index is 12.8. The molecule has 0 bridgehead atoms. The van der Waals surface area contributed by atoms with Crippen molar-refractivity contribution in [2.45, 2.75) is 186 Å². The van der Waals surface area contributed by atoms with Crippen LogP contribution in [-0.4, -0.2) is 109 Å². The van der Waals surface area contributed by atoms with E-state index < -0.39 is 69.2 Å². The number of carbonyl (C=O) groups excluding carboxylic acids is 3. The second-order valence-electron chi connectivity index (χ2n) is 17.0. The van der Waals surface area contributed by atoms with Gasteiger partial charge in [0.05, 0.1) is 46.1 Å². The molecular formula is C43H80NO12P. The van der Waals surface area contributed by atoms with Gasteiger partial charge < -0.3 is 43.2 Å². The van der Waals surface area contributed by atoms with Crippen LogP contribution in [0.3, 0.4) is 0 Å². The number of aliphatic hydroxyl groups is 3. The highest BCUT2D eigenvalue weighted by atomic mass is 31.2. The van der Waals surface area contributed by atoms with Gasteiger partial charge in [-0.25, -0.2) is 0 Å². The van der Waals surface area contributed by atoms with Crippen LogP contribution in [0.4, 0.5) is 0 Å². The number of phosphoric acid groups is 1. The van der Waals surface area contributed by atoms with Gasteiger partial charge in [-0.05, 0) is 25.7 Å². The van der Waals surface area contributed by atoms with E-state index in [1.807, 2.05) is 21.1 Å². The third-order valence-electron chi connectivity index (χ3n) is 10.5. The third kappa shape index (κ3) is 28.4. The molecule has 1 rings (SSSR count). The maximum Gasteiger partial charge on any atom is 0.306 e. The molecule has 13 nitrogen and oxygen atoms in total. The van der Waals surface area contributed by atoms with Gasteiger partial charge >= 0.3 is 11.9 Å². The lowest BCUT2D eigenvalue weighted by Crippen LogP contribution is -2.37. The fourth-order valence-electron chi connectivity index (χ4n) is 6.94. The predicted octanol–water partition coefficient (Wildman–Crippen LogP) is 7.12. The van der Waals surface area contributed by atoms with Crippen molar-refractivity contribution < 1.29 is 62.2 Å². The second kappa shape index (κ2) is 31.2. The molecule has 0 aliphatic heterocycles. The van der Waals surface area contributed by atoms with Crippen molar-refractivity contribution >= 4 is 25.5 Å². The molecule has 7 atom stereocenters. The van der Waals surface area contributed by atoms with Gasteiger partial charge in [0.1, 0.15) is 25.5 Å². The minimum atomic E-state index is -4.71. The Kier molecular flexibility index (Phi) is 29.2. The van der Waals surface area contributed by atoms with Crippen LogP contribution >= 0.6 is 7.82 Å². The molecule has 334 valence electrons. The number of ketones is 1. The monoisotopic (exact) mass is 834 g/mol. The van der Waals surface area contributed by atoms with Gasteiger partial charge in [0, 0.05) is 43.9 Å². The van der Waals surface area contributed by atoms with Crippen LogP contribution in [0, 0.1) is 11.8 Å². The van der Waals surface area contributed by atoms with Crippen molar-refractivity contribution in [2.75, 3.05) is 47.5 Å². The quantitative estimate of drug-likeness (QED) is 0.0191. The zero-order chi connectivity index (χ0) is 42.5. The predicted molar refractivity (Wildman–Crippen MR) is 220 cm³/mol. The average Bonchev–Trinajstić information content (AvgIpc) is 3.40. The summed E-state index contributed by atoms with van der Waals surface area (Å²) in [6, 6.07) is 0. The average molecular weight is 834 g/mol. The first-order chi connectivity index (χ1) is 27.1. The summed E-state index contributed by atoms with van der Waals surface area (Å²) < 4.78 is 33.7. The number of rotatable bonds is 36. The number of ether oxygens (including phenoxy) is 2. The number of quaternary nitrogens is 1. The summed E-state index contributed by atoms with van der Waals surface area (Å²) in [5, 5.41) is 31.3. The van der Waals surface area contributed by atoms with Gasteiger partial charge in [0.25, 0.3) is 7.82 Å². The first-order valence-corrected chi connectivity index (χ1v) is 23.5. The van der Waals surface area contributed by atoms with Crippen LogP contribution in [0.25, 0.3) is 0 Å². The van der Waals surface area contributed by atoms with Gasteiger partial charge in [-0.3, -0.25) is 18.9 Å². The molecule has 0 heterocycles. The zero-order valence-corrected chi connectivity index (χ0v) is 37.0. The number of unbranched alkanes of at least 4 members (excludes halogenated alkanes) is 14. The van der Waals surface area contributed by atoms with Crippen LogP contribution in [0.15, 0.2) is 12.2 Å². The van der Waals surface area contributed by atoms with E-state index in [0.29, 0.717) is 36.7 Å². The molecule has 1 fully saturated rings. The first-order valence-electron chi connectivity index (χ1n) is 22.1. The summed E-state index contributed by atoms with van der Waals surface area (Å²) in [5.74, 6) is -2.10. The minimum absolute atomic E-state index is 0.00603. The summed E-state index contributed by atoms with van der Waals surface area (Å²) >= 11 is 0. The molecule has 14 heteroatoms. The highest BCUT2D eigenvalue weighted by molar-refractivity contribution is 7.45. The van der Waals surface area contributed by atoms with Crippen LogP contribution in [0.1, 0.15) is 162 Å². The highest BCUT2D eigenvalue weighted by Crippen LogP contribution is 2.39. The number of nitrogens with zero attached hydrogens (tertiary/aromatic N) is 1. The number of aliphatic hydroxyl groups excluding tert-OH is 3. The smallest absolute Gasteiger partial charge is 0.306 e. The Hall–Kier alpha value is -1.70. The van der Waals surface area contributed by atoms with Gasteiger partial charge in [-0.2, -0.15) is 0 Å². The molecule has 1 unspecified atom stereocenters. The summed E-state index contributed by atoms with van der Waals surface area (Å²) in [7, 11) is 0.969. The molecule has 0 aromatic heterocycles. The first kappa shape index (κ1) is 53.3. The molecule has 0 radical (unpaired) electrons. The maximum absolute atomic E-state index is 12.8. The molecule has 0 amide bonds. The van der Waals surface area contributed by atoms with E-state index in [1.165, 1.54) is 51.4 Å². The Labute approximate surface area is 344 Å². The number of phosphoric ester groups is 1. The number of hydrogen-bond donors (Lipinski definition) is 3. The summed E-state index contributed by atoms with van der Waals surface area (Å²) in [6.45, 7) is 3.68. The Morgan fingerprint density at radius 2 is 1.30 bits per heavy atom. The lowest BCUT2D eigenvalue weighted by atomic mass is 9.87. The number of likely N-dealkylation sites (N-methyl/N-ethyl adjacent to an activating group) is 1. The van der Waals surface area contributed by atoms with Crippen LogP contribution in [0.5, 0.6) is 0 Å². The molecule has 0 aromatic rings. The molecule has 0 aromatic carbocycles. The summed E-state index contributed by atoms with van der Waals surface area (Å²) in [6.07, 6.45) is 18.7. The molecule has 0 spiro atoms. The van der Waals surface area contributed by atoms with Crippen LogP contribution in [-0.2, 0) is 37.5 Å². The Balaban J connectivity index is 2.53. The Morgan fingerprint density at radius 3 is 1.91 bits per heavy atom. The van der Waals surface area contributed by atoms with Crippen LogP contribution in [0.2, 0.25) is 0 Å². The van der Waals surface area contributed by atoms with Gasteiger partial charge in [-0.15, -0.1) is 0 Å². The van der Waals surface area contributed by atoms with Crippen molar-refractivity contribution in [3.8, 4) is 0 Å². The van der Waals surface area contributed by atoms with E-state index in [-0.39, 0.29) is 44.5 Å². The second-order valence-corrected chi connectivity index (χ2v) is 18.4. The molecule has 0 saturated heterocycles. The standard InChI is InChI=1S/C43H80NO12P/c1-6-8-10-11-12-13-14-15-16-17-18-20-26-43(50)56-37(34-55-57(51,52)54-30-29-44(3,4)5)33-53-42(49)25-22-21-24-36(46)31-39-38(40(47)32-41(39)48)28-27-35(45)23-19-9-7-2/h27-28,35,37-41,45,47-48H,6-26,29-34H2,1-5H3/b28-27+/t35-,37+,38+,39+,40+,41-/m0/s1. The number of Topliss-reactive ketones (excluding diaryl/α,β-unsaturated/α-hetero) is 1. The van der Waals surface area contributed by atoms with Crippen molar-refractivity contribution in [3.05, 3.63) is 12.2 Å². The van der Waals surface area contributed by atoms with Crippen molar-refractivity contribution in [2.24, 2.45) is 11.8 Å². The van der Waals surface area contributed by atoms with Crippen molar-refractivity contribution in [3.63, 3.8) is 0 Å². The molecule has 1 aliphatic rings. The van der Waals surface area contributed by atoms with E-state index in [4.69, 9.17) is 18.5 Å². The fourth-order valence-corrected chi connectivity index (χ4v) is 7.67. The molecule has 1 saturated carbocycles. The Morgan fingerprint density at radius 1 is 0.754 bits per heavy atom. The third-order valence-corrected chi connectivity index (χ3v) is 11.5. The molecular weight excluding hydrogens is 753 g/mol. The lowest BCUT2D eigenvalue weighted by Gasteiger charge is -2.28. The van der Waals surface area contributed by atoms with Crippen LogP contribution < -0.4 is 4.89 Å². The zero-order valence-electron chi connectivity index (χ0n) is 36.1. The van der Waals surface area contributed by atoms with E-state index in [0.717, 1.165) is 38.5 Å². The van der Waals surface area contributed by atoms with E-state index in [2.05, 4.69) is 13.8 Å². The van der Waals surface area contributed by atoms with Gasteiger partial charge in [0.2, 0.25) is 0 Å². The minimum Gasteiger partial charge on any atom is -0.756 e. The summed E-state index contributed by atoms with van der Waals surface area (Å²) in [4.78, 5) is 50.5. The molecule has 3 N–H and O–H groups in total.